The molecule has 2 rings (SSSR count). The Morgan fingerprint density at radius 2 is 2.33 bits per heavy atom. The topological polar surface area (TPSA) is 49.3 Å². The van der Waals surface area contributed by atoms with Gasteiger partial charge >= 0.3 is 5.97 Å². The number of carboxylic acid groups (broad SMARTS) is 1. The smallest absolute Gasteiger partial charge is 0.320 e. The van der Waals surface area contributed by atoms with E-state index in [1.165, 1.54) is 12.2 Å². The molecule has 2 heterocycles. The first-order chi connectivity index (χ1) is 7.14. The van der Waals surface area contributed by atoms with Crippen LogP contribution in [0.4, 0.5) is 0 Å². The van der Waals surface area contributed by atoms with Gasteiger partial charge in [0.2, 0.25) is 0 Å². The number of nitrogens with one attached hydrogen (secondary N) is 1. The molecule has 2 N–H and O–H groups in total. The normalized spacial score (nSPS) is 41.7. The predicted octanol–water partition coefficient (Wildman–Crippen LogP) is 1.78. The summed E-state index contributed by atoms with van der Waals surface area (Å²) in [5.41, 5.74) is 0. The Labute approximate surface area is 98.8 Å². The van der Waals surface area contributed by atoms with E-state index in [1.54, 1.807) is 0 Å². The molecule has 0 aromatic carbocycles. The number of rotatable bonds is 1. The van der Waals surface area contributed by atoms with Crippen LogP contribution >= 0.6 is 23.5 Å². The van der Waals surface area contributed by atoms with Crippen molar-refractivity contribution < 1.29 is 9.90 Å². The highest BCUT2D eigenvalue weighted by molar-refractivity contribution is 8.04. The molecule has 1 spiro atoms. The molecule has 0 aliphatic carbocycles. The average molecular weight is 247 g/mol. The predicted molar refractivity (Wildman–Crippen MR) is 65.5 cm³/mol. The maximum absolute atomic E-state index is 11.0. The Hall–Kier alpha value is 0.130. The van der Waals surface area contributed by atoms with Crippen molar-refractivity contribution in [1.82, 2.24) is 5.32 Å². The molecule has 2 saturated heterocycles. The lowest BCUT2D eigenvalue weighted by Gasteiger charge is -2.46. The minimum Gasteiger partial charge on any atom is -0.480 e. The molecule has 0 aromatic heterocycles. The van der Waals surface area contributed by atoms with Gasteiger partial charge in [-0.3, -0.25) is 10.1 Å². The van der Waals surface area contributed by atoms with Crippen LogP contribution in [-0.4, -0.2) is 38.7 Å². The SMILES string of the molecule is CC1SCCCC12NC(C(=O)O)CCS2. The lowest BCUT2D eigenvalue weighted by atomic mass is 10.0. The number of aliphatic carboxylic acids is 1. The summed E-state index contributed by atoms with van der Waals surface area (Å²) < 4.78 is 0. The second-order valence-electron chi connectivity index (χ2n) is 4.18. The monoisotopic (exact) mass is 247 g/mol. The Morgan fingerprint density at radius 1 is 1.53 bits per heavy atom. The zero-order valence-corrected chi connectivity index (χ0v) is 10.5. The van der Waals surface area contributed by atoms with E-state index in [0.29, 0.717) is 5.25 Å². The Morgan fingerprint density at radius 3 is 3.00 bits per heavy atom. The summed E-state index contributed by atoms with van der Waals surface area (Å²) in [6, 6.07) is -0.340. The fourth-order valence-corrected chi connectivity index (χ4v) is 5.26. The van der Waals surface area contributed by atoms with Crippen LogP contribution in [0.15, 0.2) is 0 Å². The van der Waals surface area contributed by atoms with Gasteiger partial charge in [-0.2, -0.15) is 11.8 Å². The summed E-state index contributed by atoms with van der Waals surface area (Å²) in [4.78, 5) is 11.0. The fraction of sp³-hybridized carbons (Fsp3) is 0.900. The molecule has 0 radical (unpaired) electrons. The Balaban J connectivity index is 2.09. The largest absolute Gasteiger partial charge is 0.480 e. The molecule has 0 bridgehead atoms. The van der Waals surface area contributed by atoms with Crippen molar-refractivity contribution in [1.29, 1.82) is 0 Å². The maximum atomic E-state index is 11.0. The van der Waals surface area contributed by atoms with Crippen molar-refractivity contribution in [3.05, 3.63) is 0 Å². The molecule has 3 unspecified atom stereocenters. The van der Waals surface area contributed by atoms with Crippen molar-refractivity contribution >= 4 is 29.5 Å². The lowest BCUT2D eigenvalue weighted by Crippen LogP contribution is -2.60. The summed E-state index contributed by atoms with van der Waals surface area (Å²) in [6.07, 6.45) is 3.05. The molecule has 5 heteroatoms. The first-order valence-corrected chi connectivity index (χ1v) is 7.43. The van der Waals surface area contributed by atoms with Crippen molar-refractivity contribution in [2.45, 2.75) is 42.3 Å². The van der Waals surface area contributed by atoms with E-state index >= 15 is 0 Å². The van der Waals surface area contributed by atoms with Crippen LogP contribution in [0.2, 0.25) is 0 Å². The first-order valence-electron chi connectivity index (χ1n) is 5.40. The van der Waals surface area contributed by atoms with Crippen molar-refractivity contribution in [2.24, 2.45) is 0 Å². The molecule has 2 fully saturated rings. The van der Waals surface area contributed by atoms with Gasteiger partial charge in [0, 0.05) is 5.25 Å². The van der Waals surface area contributed by atoms with Gasteiger partial charge < -0.3 is 5.11 Å². The number of hydrogen-bond acceptors (Lipinski definition) is 4. The molecular formula is C10H17NO2S2. The zero-order chi connectivity index (χ0) is 10.9. The van der Waals surface area contributed by atoms with Gasteiger partial charge in [-0.15, -0.1) is 11.8 Å². The minimum absolute atomic E-state index is 0.0181. The van der Waals surface area contributed by atoms with Crippen LogP contribution in [-0.2, 0) is 4.79 Å². The van der Waals surface area contributed by atoms with Gasteiger partial charge in [0.15, 0.2) is 0 Å². The fourth-order valence-electron chi connectivity index (χ4n) is 2.26. The van der Waals surface area contributed by atoms with Crippen molar-refractivity contribution in [3.8, 4) is 0 Å². The zero-order valence-electron chi connectivity index (χ0n) is 8.86. The van der Waals surface area contributed by atoms with Gasteiger partial charge in [0.05, 0.1) is 4.87 Å². The van der Waals surface area contributed by atoms with Crippen molar-refractivity contribution in [3.63, 3.8) is 0 Å². The van der Waals surface area contributed by atoms with Crippen molar-refractivity contribution in [2.75, 3.05) is 11.5 Å². The average Bonchev–Trinajstić information content (AvgIpc) is 2.23. The molecule has 3 atom stereocenters. The summed E-state index contributed by atoms with van der Waals surface area (Å²) >= 11 is 3.88. The molecule has 0 aromatic rings. The standard InChI is InChI=1S/C10H17NO2S2/c1-7-10(4-2-5-14-7)11-8(9(12)13)3-6-15-10/h7-8,11H,2-6H2,1H3,(H,12,13). The van der Waals surface area contributed by atoms with Crippen LogP contribution in [0.5, 0.6) is 0 Å². The van der Waals surface area contributed by atoms with Crippen LogP contribution in [0, 0.1) is 0 Å². The number of carboxylic acids is 1. The second-order valence-corrected chi connectivity index (χ2v) is 7.05. The Bertz CT molecular complexity index is 258. The van der Waals surface area contributed by atoms with E-state index in [0.717, 1.165) is 18.6 Å². The molecule has 3 nitrogen and oxygen atoms in total. The van der Waals surface area contributed by atoms with Gasteiger partial charge in [-0.05, 0) is 30.8 Å². The quantitative estimate of drug-likeness (QED) is 0.739. The van der Waals surface area contributed by atoms with Gasteiger partial charge in [-0.1, -0.05) is 6.92 Å². The molecule has 86 valence electrons. The number of hydrogen-bond donors (Lipinski definition) is 2. The third-order valence-electron chi connectivity index (χ3n) is 3.20. The van der Waals surface area contributed by atoms with Gasteiger partial charge in [0.1, 0.15) is 6.04 Å². The molecular weight excluding hydrogens is 230 g/mol. The third kappa shape index (κ3) is 2.29. The van der Waals surface area contributed by atoms with Crippen LogP contribution in [0.25, 0.3) is 0 Å². The summed E-state index contributed by atoms with van der Waals surface area (Å²) in [5.74, 6) is 1.48. The molecule has 2 aliphatic rings. The number of carbonyl (C=O) groups is 1. The van der Waals surface area contributed by atoms with E-state index in [1.807, 2.05) is 23.5 Å². The van der Waals surface area contributed by atoms with E-state index in [2.05, 4.69) is 12.2 Å². The van der Waals surface area contributed by atoms with E-state index in [4.69, 9.17) is 5.11 Å². The maximum Gasteiger partial charge on any atom is 0.320 e. The highest BCUT2D eigenvalue weighted by Crippen LogP contribution is 2.44. The van der Waals surface area contributed by atoms with Crippen LogP contribution in [0.3, 0.4) is 0 Å². The van der Waals surface area contributed by atoms with E-state index in [-0.39, 0.29) is 10.9 Å². The molecule has 0 saturated carbocycles. The Kier molecular flexibility index (Phi) is 3.52. The van der Waals surface area contributed by atoms with E-state index in [9.17, 15) is 4.79 Å². The summed E-state index contributed by atoms with van der Waals surface area (Å²) in [7, 11) is 0. The van der Waals surface area contributed by atoms with Gasteiger partial charge in [-0.25, -0.2) is 0 Å². The van der Waals surface area contributed by atoms with Crippen LogP contribution in [0.1, 0.15) is 26.2 Å². The minimum atomic E-state index is -0.697. The first kappa shape index (κ1) is 11.6. The van der Waals surface area contributed by atoms with Crippen LogP contribution < -0.4 is 5.32 Å². The molecule has 2 aliphatic heterocycles. The summed E-state index contributed by atoms with van der Waals surface area (Å²) in [5, 5.41) is 12.9. The third-order valence-corrected chi connectivity index (χ3v) is 6.41. The lowest BCUT2D eigenvalue weighted by molar-refractivity contribution is -0.140. The highest BCUT2D eigenvalue weighted by atomic mass is 32.2. The number of thioether (sulfide) groups is 2. The van der Waals surface area contributed by atoms with Gasteiger partial charge in [0.25, 0.3) is 0 Å². The molecule has 0 amide bonds. The highest BCUT2D eigenvalue weighted by Gasteiger charge is 2.44. The van der Waals surface area contributed by atoms with E-state index < -0.39 is 5.97 Å². The summed E-state index contributed by atoms with van der Waals surface area (Å²) in [6.45, 7) is 2.22. The molecule has 15 heavy (non-hydrogen) atoms. The second kappa shape index (κ2) is 4.55.